The van der Waals surface area contributed by atoms with Crippen molar-refractivity contribution in [3.63, 3.8) is 0 Å². The van der Waals surface area contributed by atoms with Crippen molar-refractivity contribution in [3.8, 4) is 0 Å². The quantitative estimate of drug-likeness (QED) is 0.749. The molecule has 0 saturated heterocycles. The lowest BCUT2D eigenvalue weighted by molar-refractivity contribution is -0.142. The van der Waals surface area contributed by atoms with Gasteiger partial charge in [-0.3, -0.25) is 9.69 Å². The van der Waals surface area contributed by atoms with Crippen LogP contribution >= 0.6 is 0 Å². The van der Waals surface area contributed by atoms with Crippen molar-refractivity contribution >= 4 is 16.0 Å². The summed E-state index contributed by atoms with van der Waals surface area (Å²) in [6.45, 7) is 4.16. The SMILES string of the molecule is CCC(C(=O)O)N(C)CCNS(=O)(=O)c1ccc(C)cc1. The number of aliphatic carboxylic acids is 1. The maximum Gasteiger partial charge on any atom is 0.320 e. The number of likely N-dealkylation sites (N-methyl/N-ethyl adjacent to an activating group) is 1. The van der Waals surface area contributed by atoms with Crippen LogP contribution in [0.1, 0.15) is 18.9 Å². The number of carboxylic acid groups (broad SMARTS) is 1. The lowest BCUT2D eigenvalue weighted by Crippen LogP contribution is -2.42. The normalized spacial score (nSPS) is 13.3. The molecule has 0 aliphatic carbocycles. The summed E-state index contributed by atoms with van der Waals surface area (Å²) in [5.74, 6) is -0.901. The Morgan fingerprint density at radius 2 is 1.90 bits per heavy atom. The second-order valence-electron chi connectivity index (χ2n) is 4.95. The van der Waals surface area contributed by atoms with Crippen molar-refractivity contribution in [2.45, 2.75) is 31.2 Å². The zero-order valence-corrected chi connectivity index (χ0v) is 13.4. The number of nitrogens with one attached hydrogen (secondary N) is 1. The molecule has 6 nitrogen and oxygen atoms in total. The third-order valence-corrected chi connectivity index (χ3v) is 4.77. The summed E-state index contributed by atoms with van der Waals surface area (Å²) in [5.41, 5.74) is 0.987. The average Bonchev–Trinajstić information content (AvgIpc) is 2.39. The minimum absolute atomic E-state index is 0.163. The van der Waals surface area contributed by atoms with Crippen LogP contribution in [0.2, 0.25) is 0 Å². The van der Waals surface area contributed by atoms with Gasteiger partial charge in [-0.1, -0.05) is 24.6 Å². The fourth-order valence-electron chi connectivity index (χ4n) is 1.99. The molecular weight excluding hydrogens is 292 g/mol. The van der Waals surface area contributed by atoms with Crippen LogP contribution in [0.4, 0.5) is 0 Å². The van der Waals surface area contributed by atoms with Gasteiger partial charge in [-0.15, -0.1) is 0 Å². The van der Waals surface area contributed by atoms with Crippen LogP contribution in [-0.4, -0.2) is 50.6 Å². The summed E-state index contributed by atoms with van der Waals surface area (Å²) in [7, 11) is -1.88. The highest BCUT2D eigenvalue weighted by Crippen LogP contribution is 2.09. The molecule has 0 spiro atoms. The summed E-state index contributed by atoms with van der Waals surface area (Å²) in [4.78, 5) is 12.8. The number of nitrogens with zero attached hydrogens (tertiary/aromatic N) is 1. The maximum atomic E-state index is 12.1. The Kier molecular flexibility index (Phi) is 6.32. The molecule has 7 heteroatoms. The van der Waals surface area contributed by atoms with Crippen LogP contribution in [0.25, 0.3) is 0 Å². The van der Waals surface area contributed by atoms with Gasteiger partial charge < -0.3 is 5.11 Å². The van der Waals surface area contributed by atoms with Gasteiger partial charge in [-0.25, -0.2) is 13.1 Å². The van der Waals surface area contributed by atoms with E-state index in [9.17, 15) is 13.2 Å². The number of carboxylic acids is 1. The number of sulfonamides is 1. The summed E-state index contributed by atoms with van der Waals surface area (Å²) >= 11 is 0. The average molecular weight is 314 g/mol. The smallest absolute Gasteiger partial charge is 0.320 e. The number of benzene rings is 1. The van der Waals surface area contributed by atoms with Crippen LogP contribution in [0, 0.1) is 6.92 Å². The molecule has 0 aliphatic rings. The third-order valence-electron chi connectivity index (χ3n) is 3.29. The summed E-state index contributed by atoms with van der Waals surface area (Å²) in [5, 5.41) is 9.03. The van der Waals surface area contributed by atoms with Gasteiger partial charge in [-0.2, -0.15) is 0 Å². The van der Waals surface area contributed by atoms with E-state index in [4.69, 9.17) is 5.11 Å². The van der Waals surface area contributed by atoms with Gasteiger partial charge in [0.05, 0.1) is 4.90 Å². The molecule has 1 rings (SSSR count). The number of aryl methyl sites for hydroxylation is 1. The van der Waals surface area contributed by atoms with Crippen molar-refractivity contribution in [3.05, 3.63) is 29.8 Å². The highest BCUT2D eigenvalue weighted by atomic mass is 32.2. The minimum atomic E-state index is -3.55. The van der Waals surface area contributed by atoms with Gasteiger partial charge in [0.15, 0.2) is 0 Å². The molecule has 21 heavy (non-hydrogen) atoms. The lowest BCUT2D eigenvalue weighted by atomic mass is 10.2. The van der Waals surface area contributed by atoms with E-state index < -0.39 is 22.0 Å². The van der Waals surface area contributed by atoms with Gasteiger partial charge in [0.1, 0.15) is 6.04 Å². The van der Waals surface area contributed by atoms with E-state index in [1.807, 2.05) is 6.92 Å². The number of hydrogen-bond acceptors (Lipinski definition) is 4. The molecule has 0 saturated carbocycles. The first-order chi connectivity index (χ1) is 9.77. The van der Waals surface area contributed by atoms with E-state index in [1.165, 1.54) is 0 Å². The van der Waals surface area contributed by atoms with Crippen LogP contribution in [0.3, 0.4) is 0 Å². The molecule has 118 valence electrons. The Balaban J connectivity index is 2.58. The van der Waals surface area contributed by atoms with Gasteiger partial charge in [-0.05, 0) is 32.5 Å². The number of hydrogen-bond donors (Lipinski definition) is 2. The largest absolute Gasteiger partial charge is 0.480 e. The van der Waals surface area contributed by atoms with E-state index in [1.54, 1.807) is 43.1 Å². The Morgan fingerprint density at radius 3 is 2.38 bits per heavy atom. The van der Waals surface area contributed by atoms with Crippen molar-refractivity contribution in [1.29, 1.82) is 0 Å². The van der Waals surface area contributed by atoms with Crippen molar-refractivity contribution in [2.75, 3.05) is 20.1 Å². The first-order valence-electron chi connectivity index (χ1n) is 6.77. The van der Waals surface area contributed by atoms with Gasteiger partial charge in [0, 0.05) is 13.1 Å². The van der Waals surface area contributed by atoms with E-state index in [-0.39, 0.29) is 11.4 Å². The van der Waals surface area contributed by atoms with Crippen LogP contribution in [-0.2, 0) is 14.8 Å². The van der Waals surface area contributed by atoms with Gasteiger partial charge in [0.25, 0.3) is 0 Å². The Morgan fingerprint density at radius 1 is 1.33 bits per heavy atom. The molecule has 1 aromatic rings. The minimum Gasteiger partial charge on any atom is -0.480 e. The summed E-state index contributed by atoms with van der Waals surface area (Å²) in [6.07, 6.45) is 0.469. The predicted molar refractivity (Wildman–Crippen MR) is 80.7 cm³/mol. The van der Waals surface area contributed by atoms with Crippen LogP contribution < -0.4 is 4.72 Å². The molecule has 1 aromatic carbocycles. The molecule has 0 fully saturated rings. The van der Waals surface area contributed by atoms with Crippen molar-refractivity contribution in [1.82, 2.24) is 9.62 Å². The molecule has 0 amide bonds. The molecule has 1 atom stereocenters. The van der Waals surface area contributed by atoms with Gasteiger partial charge in [0.2, 0.25) is 10.0 Å². The fourth-order valence-corrected chi connectivity index (χ4v) is 3.01. The molecule has 1 unspecified atom stereocenters. The zero-order valence-electron chi connectivity index (χ0n) is 12.5. The molecule has 0 bridgehead atoms. The molecule has 0 heterocycles. The number of carbonyl (C=O) groups is 1. The predicted octanol–water partition coefficient (Wildman–Crippen LogP) is 1.07. The first-order valence-corrected chi connectivity index (χ1v) is 8.25. The number of rotatable bonds is 8. The third kappa shape index (κ3) is 5.11. The summed E-state index contributed by atoms with van der Waals surface area (Å²) in [6, 6.07) is 5.96. The van der Waals surface area contributed by atoms with E-state index in [2.05, 4.69) is 4.72 Å². The maximum absolute atomic E-state index is 12.1. The molecule has 2 N–H and O–H groups in total. The first kappa shape index (κ1) is 17.6. The summed E-state index contributed by atoms with van der Waals surface area (Å²) < 4.78 is 26.6. The second kappa shape index (κ2) is 7.53. The highest BCUT2D eigenvalue weighted by Gasteiger charge is 2.20. The standard InChI is InChI=1S/C14H22N2O4S/c1-4-13(14(17)18)16(3)10-9-15-21(19,20)12-7-5-11(2)6-8-12/h5-8,13,15H,4,9-10H2,1-3H3,(H,17,18). The lowest BCUT2D eigenvalue weighted by Gasteiger charge is -2.23. The topological polar surface area (TPSA) is 86.7 Å². The zero-order chi connectivity index (χ0) is 16.0. The fraction of sp³-hybridized carbons (Fsp3) is 0.500. The van der Waals surface area contributed by atoms with Crippen molar-refractivity contribution < 1.29 is 18.3 Å². The van der Waals surface area contributed by atoms with Crippen molar-refractivity contribution in [2.24, 2.45) is 0 Å². The highest BCUT2D eigenvalue weighted by molar-refractivity contribution is 7.89. The monoisotopic (exact) mass is 314 g/mol. The van der Waals surface area contributed by atoms with Gasteiger partial charge >= 0.3 is 5.97 Å². The molecule has 0 aliphatic heterocycles. The van der Waals surface area contributed by atoms with E-state index in [0.29, 0.717) is 13.0 Å². The Bertz CT molecular complexity index is 569. The Labute approximate surface area is 125 Å². The Hall–Kier alpha value is -1.44. The van der Waals surface area contributed by atoms with E-state index >= 15 is 0 Å². The van der Waals surface area contributed by atoms with Crippen LogP contribution in [0.15, 0.2) is 29.2 Å². The molecule has 0 radical (unpaired) electrons. The molecular formula is C14H22N2O4S. The van der Waals surface area contributed by atoms with Crippen LogP contribution in [0.5, 0.6) is 0 Å². The second-order valence-corrected chi connectivity index (χ2v) is 6.72. The van der Waals surface area contributed by atoms with E-state index in [0.717, 1.165) is 5.56 Å². The molecule has 0 aromatic heterocycles.